The van der Waals surface area contributed by atoms with Gasteiger partial charge in [-0.2, -0.15) is 0 Å². The van der Waals surface area contributed by atoms with Gasteiger partial charge in [0.15, 0.2) is 0 Å². The van der Waals surface area contributed by atoms with Gasteiger partial charge in [-0.05, 0) is 60.5 Å². The monoisotopic (exact) mass is 443 g/mol. The van der Waals surface area contributed by atoms with Crippen LogP contribution in [0.5, 0.6) is 0 Å². The molecule has 0 saturated heterocycles. The summed E-state index contributed by atoms with van der Waals surface area (Å²) >= 11 is 0. The summed E-state index contributed by atoms with van der Waals surface area (Å²) in [5, 5.41) is 16.6. The van der Waals surface area contributed by atoms with Crippen LogP contribution in [0, 0.1) is 15.0 Å². The van der Waals surface area contributed by atoms with Crippen LogP contribution in [0.2, 0.25) is 0 Å². The lowest BCUT2D eigenvalue weighted by Gasteiger charge is -2.20. The summed E-state index contributed by atoms with van der Waals surface area (Å²) in [4.78, 5) is 31.1. The second-order valence-electron chi connectivity index (χ2n) is 7.27. The maximum atomic E-state index is 13.2. The first-order valence-electron chi connectivity index (χ1n) is 10.6. The lowest BCUT2D eigenvalue weighted by atomic mass is 10.1. The van der Waals surface area contributed by atoms with Crippen LogP contribution in [0.1, 0.15) is 19.4 Å². The summed E-state index contributed by atoms with van der Waals surface area (Å²) in [5.74, 6) is 0.134. The third-order valence-electron chi connectivity index (χ3n) is 5.31. The highest BCUT2D eigenvalue weighted by atomic mass is 16.6. The Balaban J connectivity index is 1.72. The van der Waals surface area contributed by atoms with E-state index in [1.807, 2.05) is 54.6 Å². The Labute approximate surface area is 191 Å². The minimum atomic E-state index is -0.490. The van der Waals surface area contributed by atoms with Crippen molar-refractivity contribution in [2.24, 2.45) is 10.1 Å². The first-order chi connectivity index (χ1) is 16.0. The number of non-ortho nitro benzene ring substituents is 1. The number of benzene rings is 3. The summed E-state index contributed by atoms with van der Waals surface area (Å²) < 4.78 is 0. The number of aliphatic imine (C=N–C) groups is 1. The van der Waals surface area contributed by atoms with E-state index in [0.29, 0.717) is 22.0 Å². The number of amidine groups is 1. The molecule has 0 unspecified atom stereocenters. The number of hydrogen-bond donors (Lipinski definition) is 0. The van der Waals surface area contributed by atoms with Crippen LogP contribution in [0.4, 0.5) is 22.7 Å². The summed E-state index contributed by atoms with van der Waals surface area (Å²) in [6.45, 7) is 5.99. The lowest BCUT2D eigenvalue weighted by Crippen LogP contribution is -2.29. The zero-order chi connectivity index (χ0) is 23.4. The fraction of sp³-hybridized carbons (Fsp3) is 0.167. The highest BCUT2D eigenvalue weighted by molar-refractivity contribution is 6.46. The number of nitroso groups, excluding NO2 is 1. The van der Waals surface area contributed by atoms with Gasteiger partial charge in [0.25, 0.3) is 11.4 Å². The Morgan fingerprint density at radius 2 is 1.61 bits per heavy atom. The van der Waals surface area contributed by atoms with Gasteiger partial charge in [-0.15, -0.1) is 0 Å². The van der Waals surface area contributed by atoms with E-state index < -0.39 is 4.92 Å². The van der Waals surface area contributed by atoms with Crippen molar-refractivity contribution in [1.82, 2.24) is 0 Å². The van der Waals surface area contributed by atoms with E-state index in [4.69, 9.17) is 0 Å². The molecule has 0 N–H and O–H groups in total. The second kappa shape index (κ2) is 9.39. The SMILES string of the molecule is CCN(CC)c1ccc(N=C2C(c3ccccc3)=NN(c3ccc([N+](=O)[O-])cc3)[N+]2=O)cc1. The molecule has 0 aromatic heterocycles. The van der Waals surface area contributed by atoms with Gasteiger partial charge in [-0.1, -0.05) is 40.2 Å². The van der Waals surface area contributed by atoms with Crippen molar-refractivity contribution < 1.29 is 9.79 Å². The van der Waals surface area contributed by atoms with Crippen molar-refractivity contribution in [2.45, 2.75) is 13.8 Å². The van der Waals surface area contributed by atoms with Crippen molar-refractivity contribution in [3.63, 3.8) is 0 Å². The van der Waals surface area contributed by atoms with Crippen LogP contribution in [0.15, 0.2) is 89.0 Å². The highest BCUT2D eigenvalue weighted by Gasteiger charge is 2.41. The van der Waals surface area contributed by atoms with E-state index in [0.717, 1.165) is 29.5 Å². The van der Waals surface area contributed by atoms with Gasteiger partial charge in [0.2, 0.25) is 0 Å². The zero-order valence-corrected chi connectivity index (χ0v) is 18.3. The van der Waals surface area contributed by atoms with Gasteiger partial charge >= 0.3 is 5.84 Å². The molecule has 0 radical (unpaired) electrons. The van der Waals surface area contributed by atoms with Gasteiger partial charge < -0.3 is 4.90 Å². The molecule has 0 atom stereocenters. The molecule has 3 aromatic rings. The second-order valence-corrected chi connectivity index (χ2v) is 7.27. The first kappa shape index (κ1) is 21.8. The molecule has 0 aliphatic carbocycles. The normalized spacial score (nSPS) is 14.5. The van der Waals surface area contributed by atoms with Crippen LogP contribution in [0.25, 0.3) is 0 Å². The molecule has 0 spiro atoms. The maximum absolute atomic E-state index is 13.2. The smallest absolute Gasteiger partial charge is 0.372 e. The molecule has 0 fully saturated rings. The molecule has 9 heteroatoms. The lowest BCUT2D eigenvalue weighted by molar-refractivity contribution is -0.438. The summed E-state index contributed by atoms with van der Waals surface area (Å²) in [6.07, 6.45) is 0. The third-order valence-corrected chi connectivity index (χ3v) is 5.31. The van der Waals surface area contributed by atoms with Crippen LogP contribution in [-0.4, -0.2) is 34.4 Å². The van der Waals surface area contributed by atoms with Crippen molar-refractivity contribution in [3.05, 3.63) is 99.4 Å². The van der Waals surface area contributed by atoms with Crippen molar-refractivity contribution in [3.8, 4) is 0 Å². The predicted octanol–water partition coefficient (Wildman–Crippen LogP) is 5.09. The molecular weight excluding hydrogens is 420 g/mol. The number of nitro benzene ring substituents is 1. The highest BCUT2D eigenvalue weighted by Crippen LogP contribution is 2.26. The molecule has 1 aliphatic heterocycles. The minimum absolute atomic E-state index is 0.0650. The Morgan fingerprint density at radius 3 is 2.18 bits per heavy atom. The molecule has 0 bridgehead atoms. The van der Waals surface area contributed by atoms with Gasteiger partial charge in [0.1, 0.15) is 11.4 Å². The number of nitro groups is 1. The van der Waals surface area contributed by atoms with E-state index in [-0.39, 0.29) is 11.5 Å². The minimum Gasteiger partial charge on any atom is -0.372 e. The quantitative estimate of drug-likeness (QED) is 0.288. The van der Waals surface area contributed by atoms with Gasteiger partial charge in [0, 0.05) is 36.5 Å². The molecule has 0 saturated carbocycles. The molecule has 4 rings (SSSR count). The number of nitrogens with zero attached hydrogens (tertiary/aromatic N) is 6. The zero-order valence-electron chi connectivity index (χ0n) is 18.3. The van der Waals surface area contributed by atoms with Gasteiger partial charge in [-0.3, -0.25) is 10.1 Å². The Morgan fingerprint density at radius 1 is 0.970 bits per heavy atom. The molecule has 0 amide bonds. The van der Waals surface area contributed by atoms with E-state index in [1.165, 1.54) is 24.3 Å². The number of hydrazine groups is 1. The van der Waals surface area contributed by atoms with E-state index >= 15 is 0 Å². The molecule has 1 heterocycles. The predicted molar refractivity (Wildman–Crippen MR) is 129 cm³/mol. The summed E-state index contributed by atoms with van der Waals surface area (Å²) in [5.41, 5.74) is 3.18. The fourth-order valence-electron chi connectivity index (χ4n) is 3.56. The largest absolute Gasteiger partial charge is 0.373 e. The van der Waals surface area contributed by atoms with Gasteiger partial charge in [0.05, 0.1) is 9.79 Å². The summed E-state index contributed by atoms with van der Waals surface area (Å²) in [7, 11) is 0. The number of rotatable bonds is 7. The molecule has 33 heavy (non-hydrogen) atoms. The van der Waals surface area contributed by atoms with Crippen LogP contribution in [0.3, 0.4) is 0 Å². The third kappa shape index (κ3) is 4.47. The van der Waals surface area contributed by atoms with Crippen molar-refractivity contribution >= 4 is 34.3 Å². The number of anilines is 2. The van der Waals surface area contributed by atoms with E-state index in [2.05, 4.69) is 28.8 Å². The Bertz CT molecular complexity index is 1220. The average molecular weight is 443 g/mol. The van der Waals surface area contributed by atoms with Crippen molar-refractivity contribution in [2.75, 3.05) is 23.1 Å². The maximum Gasteiger partial charge on any atom is 0.373 e. The standard InChI is InChI=1S/C24H23N6O3/c1-3-27(4-2)20-12-10-19(11-13-20)25-24-23(18-8-6-5-7-9-18)26-28(29(24)31)21-14-16-22(17-15-21)30(32)33/h5-17H,3-4H2,1-2H3/q+1. The molecule has 9 nitrogen and oxygen atoms in total. The Hall–Kier alpha value is -4.40. The van der Waals surface area contributed by atoms with Crippen LogP contribution >= 0.6 is 0 Å². The van der Waals surface area contributed by atoms with E-state index in [1.54, 1.807) is 0 Å². The molecule has 3 aromatic carbocycles. The van der Waals surface area contributed by atoms with Crippen molar-refractivity contribution in [1.29, 1.82) is 0 Å². The summed E-state index contributed by atoms with van der Waals surface area (Å²) in [6, 6.07) is 22.6. The molecule has 1 aliphatic rings. The average Bonchev–Trinajstić information content (AvgIpc) is 3.17. The van der Waals surface area contributed by atoms with Gasteiger partial charge in [-0.25, -0.2) is 0 Å². The van der Waals surface area contributed by atoms with Crippen LogP contribution < -0.4 is 10.0 Å². The first-order valence-corrected chi connectivity index (χ1v) is 10.6. The van der Waals surface area contributed by atoms with Crippen LogP contribution in [-0.2, 0) is 0 Å². The Kier molecular flexibility index (Phi) is 6.21. The molecule has 166 valence electrons. The topological polar surface area (TPSA) is 94.4 Å². The fourth-order valence-corrected chi connectivity index (χ4v) is 3.56. The van der Waals surface area contributed by atoms with E-state index in [9.17, 15) is 15.0 Å². The number of hydrazone groups is 1. The molecular formula is C24H23N6O3+. The number of hydrogen-bond acceptors (Lipinski definition) is 6.